The Morgan fingerprint density at radius 1 is 1.60 bits per heavy atom. The van der Waals surface area contributed by atoms with Crippen molar-refractivity contribution in [3.05, 3.63) is 33.3 Å². The van der Waals surface area contributed by atoms with Crippen molar-refractivity contribution in [1.29, 1.82) is 0 Å². The van der Waals surface area contributed by atoms with Gasteiger partial charge in [-0.3, -0.25) is 4.79 Å². The largest absolute Gasteiger partial charge is 0.468 e. The zero-order chi connectivity index (χ0) is 11.4. The van der Waals surface area contributed by atoms with E-state index in [0.29, 0.717) is 11.4 Å². The highest BCUT2D eigenvalue weighted by Crippen LogP contribution is 2.23. The van der Waals surface area contributed by atoms with Gasteiger partial charge in [-0.05, 0) is 17.7 Å². The monoisotopic (exact) mass is 310 g/mol. The van der Waals surface area contributed by atoms with Gasteiger partial charge in [0.05, 0.1) is 7.11 Å². The Hall–Kier alpha value is -0.250. The predicted molar refractivity (Wildman–Crippen MR) is 64.5 cm³/mol. The lowest BCUT2D eigenvalue weighted by atomic mass is 10.1. The van der Waals surface area contributed by atoms with Gasteiger partial charge >= 0.3 is 5.97 Å². The molecule has 1 aromatic rings. The summed E-state index contributed by atoms with van der Waals surface area (Å²) in [7, 11) is 1.31. The first-order valence-corrected chi connectivity index (χ1v) is 5.81. The summed E-state index contributed by atoms with van der Waals surface area (Å²) >= 11 is 15.1. The molecule has 0 fully saturated rings. The Labute approximate surface area is 107 Å². The molecule has 2 nitrogen and oxygen atoms in total. The molecule has 0 amide bonds. The first-order valence-electron chi connectivity index (χ1n) is 4.20. The lowest BCUT2D eigenvalue weighted by Gasteiger charge is -2.08. The quantitative estimate of drug-likeness (QED) is 0.631. The third-order valence-electron chi connectivity index (χ3n) is 1.87. The average molecular weight is 312 g/mol. The third kappa shape index (κ3) is 3.67. The molecule has 0 saturated heterocycles. The molecular weight excluding hydrogens is 303 g/mol. The molecule has 0 aliphatic carbocycles. The van der Waals surface area contributed by atoms with Crippen molar-refractivity contribution in [2.45, 2.75) is 11.8 Å². The molecule has 0 aliphatic rings. The van der Waals surface area contributed by atoms with E-state index in [4.69, 9.17) is 23.2 Å². The predicted octanol–water partition coefficient (Wildman–Crippen LogP) is 3.43. The van der Waals surface area contributed by atoms with Crippen LogP contribution in [0.3, 0.4) is 0 Å². The number of hydrogen-bond donors (Lipinski definition) is 0. The fourth-order valence-corrected chi connectivity index (χ4v) is 2.10. The van der Waals surface area contributed by atoms with Gasteiger partial charge in [0.2, 0.25) is 0 Å². The van der Waals surface area contributed by atoms with Crippen molar-refractivity contribution < 1.29 is 9.53 Å². The van der Waals surface area contributed by atoms with Gasteiger partial charge in [0.25, 0.3) is 0 Å². The number of carbonyl (C=O) groups is 1. The van der Waals surface area contributed by atoms with E-state index in [-0.39, 0.29) is 0 Å². The van der Waals surface area contributed by atoms with Crippen LogP contribution in [-0.2, 0) is 16.0 Å². The Morgan fingerprint density at radius 3 is 2.80 bits per heavy atom. The van der Waals surface area contributed by atoms with E-state index >= 15 is 0 Å². The normalized spacial score (nSPS) is 12.3. The molecule has 0 radical (unpaired) electrons. The van der Waals surface area contributed by atoms with Gasteiger partial charge in [-0.15, -0.1) is 11.6 Å². The zero-order valence-electron chi connectivity index (χ0n) is 7.97. The molecule has 0 N–H and O–H groups in total. The van der Waals surface area contributed by atoms with Crippen molar-refractivity contribution >= 4 is 45.1 Å². The number of rotatable bonds is 3. The number of methoxy groups -OCH3 is 1. The van der Waals surface area contributed by atoms with Crippen molar-refractivity contribution in [1.82, 2.24) is 0 Å². The molecule has 0 spiro atoms. The maximum atomic E-state index is 11.1. The fraction of sp³-hybridized carbons (Fsp3) is 0.300. The topological polar surface area (TPSA) is 26.3 Å². The Kier molecular flexibility index (Phi) is 4.90. The van der Waals surface area contributed by atoms with E-state index in [9.17, 15) is 4.79 Å². The van der Waals surface area contributed by atoms with E-state index in [1.165, 1.54) is 7.11 Å². The number of hydrogen-bond acceptors (Lipinski definition) is 2. The SMILES string of the molecule is COC(=O)C(Cl)Cc1ccc(Br)cc1Cl. The first-order chi connectivity index (χ1) is 7.04. The van der Waals surface area contributed by atoms with Crippen molar-refractivity contribution in [2.75, 3.05) is 7.11 Å². The van der Waals surface area contributed by atoms with E-state index in [1.807, 2.05) is 12.1 Å². The highest BCUT2D eigenvalue weighted by Gasteiger charge is 2.17. The lowest BCUT2D eigenvalue weighted by molar-refractivity contribution is -0.140. The molecule has 1 aromatic carbocycles. The summed E-state index contributed by atoms with van der Waals surface area (Å²) in [6.07, 6.45) is 0.361. The molecule has 0 aliphatic heterocycles. The minimum atomic E-state index is -0.700. The summed E-state index contributed by atoms with van der Waals surface area (Å²) in [4.78, 5) is 11.1. The smallest absolute Gasteiger partial charge is 0.324 e. The third-order valence-corrected chi connectivity index (χ3v) is 3.05. The molecule has 0 aromatic heterocycles. The number of benzene rings is 1. The summed E-state index contributed by atoms with van der Waals surface area (Å²) in [5.74, 6) is -0.448. The summed E-state index contributed by atoms with van der Waals surface area (Å²) in [6, 6.07) is 5.44. The minimum Gasteiger partial charge on any atom is -0.468 e. The van der Waals surface area contributed by atoms with Crippen LogP contribution in [0.15, 0.2) is 22.7 Å². The molecular formula is C10H9BrCl2O2. The highest BCUT2D eigenvalue weighted by atomic mass is 79.9. The van der Waals surface area contributed by atoms with Crippen molar-refractivity contribution in [2.24, 2.45) is 0 Å². The number of esters is 1. The number of carbonyl (C=O) groups excluding carboxylic acids is 1. The Balaban J connectivity index is 2.76. The first kappa shape index (κ1) is 12.8. The van der Waals surface area contributed by atoms with Crippen LogP contribution in [0.2, 0.25) is 5.02 Å². The number of alkyl halides is 1. The van der Waals surface area contributed by atoms with Crippen LogP contribution in [0.1, 0.15) is 5.56 Å². The lowest BCUT2D eigenvalue weighted by Crippen LogP contribution is -2.18. The summed E-state index contributed by atoms with van der Waals surface area (Å²) in [5.41, 5.74) is 0.824. The number of ether oxygens (including phenoxy) is 1. The van der Waals surface area contributed by atoms with E-state index < -0.39 is 11.3 Å². The van der Waals surface area contributed by atoms with Crippen LogP contribution in [0, 0.1) is 0 Å². The van der Waals surface area contributed by atoms with Crippen molar-refractivity contribution in [3.8, 4) is 0 Å². The van der Waals surface area contributed by atoms with Crippen LogP contribution < -0.4 is 0 Å². The molecule has 0 heterocycles. The van der Waals surface area contributed by atoms with E-state index in [1.54, 1.807) is 6.07 Å². The van der Waals surface area contributed by atoms with Gasteiger partial charge in [0, 0.05) is 15.9 Å². The molecule has 1 rings (SSSR count). The second-order valence-electron chi connectivity index (χ2n) is 2.93. The fourth-order valence-electron chi connectivity index (χ4n) is 1.09. The molecule has 5 heteroatoms. The maximum Gasteiger partial charge on any atom is 0.324 e. The number of halogens is 3. The highest BCUT2D eigenvalue weighted by molar-refractivity contribution is 9.10. The summed E-state index contributed by atoms with van der Waals surface area (Å²) in [5, 5.41) is -0.118. The van der Waals surface area contributed by atoms with Crippen LogP contribution in [0.5, 0.6) is 0 Å². The second kappa shape index (κ2) is 5.73. The van der Waals surface area contributed by atoms with Crippen molar-refractivity contribution in [3.63, 3.8) is 0 Å². The van der Waals surface area contributed by atoms with Gasteiger partial charge in [-0.1, -0.05) is 33.6 Å². The molecule has 1 atom stereocenters. The molecule has 15 heavy (non-hydrogen) atoms. The van der Waals surface area contributed by atoms with Gasteiger partial charge in [0.15, 0.2) is 0 Å². The maximum absolute atomic E-state index is 11.1. The van der Waals surface area contributed by atoms with Gasteiger partial charge in [-0.2, -0.15) is 0 Å². The van der Waals surface area contributed by atoms with E-state index in [2.05, 4.69) is 20.7 Å². The average Bonchev–Trinajstić information content (AvgIpc) is 2.20. The van der Waals surface area contributed by atoms with Crippen LogP contribution in [-0.4, -0.2) is 18.5 Å². The zero-order valence-corrected chi connectivity index (χ0v) is 11.1. The van der Waals surface area contributed by atoms with E-state index in [0.717, 1.165) is 10.0 Å². The molecule has 82 valence electrons. The summed E-state index contributed by atoms with van der Waals surface area (Å²) in [6.45, 7) is 0. The molecule has 0 bridgehead atoms. The minimum absolute atomic E-state index is 0.361. The standard InChI is InChI=1S/C10H9BrCl2O2/c1-15-10(14)9(13)4-6-2-3-7(11)5-8(6)12/h2-3,5,9H,4H2,1H3. The molecule has 1 unspecified atom stereocenters. The Morgan fingerprint density at radius 2 is 2.27 bits per heavy atom. The summed E-state index contributed by atoms with van der Waals surface area (Å²) < 4.78 is 5.41. The van der Waals surface area contributed by atoms with Crippen LogP contribution in [0.25, 0.3) is 0 Å². The van der Waals surface area contributed by atoms with Gasteiger partial charge in [-0.25, -0.2) is 0 Å². The van der Waals surface area contributed by atoms with Gasteiger partial charge in [0.1, 0.15) is 5.38 Å². The van der Waals surface area contributed by atoms with Gasteiger partial charge < -0.3 is 4.74 Å². The second-order valence-corrected chi connectivity index (χ2v) is 4.78. The molecule has 0 saturated carbocycles. The Bertz CT molecular complexity index is 368. The van der Waals surface area contributed by atoms with Crippen LogP contribution in [0.4, 0.5) is 0 Å². The van der Waals surface area contributed by atoms with Crippen LogP contribution >= 0.6 is 39.1 Å².